The number of carbonyl (C=O) groups is 3. The fourth-order valence-electron chi connectivity index (χ4n) is 3.84. The van der Waals surface area contributed by atoms with E-state index in [0.717, 1.165) is 4.90 Å². The van der Waals surface area contributed by atoms with Crippen LogP contribution in [0.15, 0.2) is 0 Å². The standard InChI is InChI=1S/C18H28F2N2O5/c1-16(2,3)12(21-15(26)27-17(4,5)6)13(23)22-9-7-10(11(22)14(24)25)18(19,20)8-9/h9-12H,7-8H2,1-6H3,(H,21,26)(H,24,25)/t9-,10-,11-,12+/m0/s1. The fourth-order valence-corrected chi connectivity index (χ4v) is 3.84. The maximum absolute atomic E-state index is 14.0. The Kier molecular flexibility index (Phi) is 5.22. The van der Waals surface area contributed by atoms with Gasteiger partial charge in [0.05, 0.1) is 5.92 Å². The van der Waals surface area contributed by atoms with Crippen molar-refractivity contribution in [3.63, 3.8) is 0 Å². The molecule has 1 aliphatic carbocycles. The lowest BCUT2D eigenvalue weighted by molar-refractivity contribution is -0.166. The second-order valence-electron chi connectivity index (χ2n) is 9.44. The lowest BCUT2D eigenvalue weighted by Gasteiger charge is -2.41. The van der Waals surface area contributed by atoms with E-state index in [1.807, 2.05) is 0 Å². The summed E-state index contributed by atoms with van der Waals surface area (Å²) in [4.78, 5) is 38.0. The van der Waals surface area contributed by atoms with E-state index >= 15 is 0 Å². The molecule has 154 valence electrons. The van der Waals surface area contributed by atoms with Crippen molar-refractivity contribution < 1.29 is 33.0 Å². The predicted octanol–water partition coefficient (Wildman–Crippen LogP) is 2.64. The van der Waals surface area contributed by atoms with Crippen molar-refractivity contribution in [1.82, 2.24) is 10.2 Å². The van der Waals surface area contributed by atoms with E-state index < -0.39 is 65.4 Å². The molecule has 9 heteroatoms. The molecule has 2 N–H and O–H groups in total. The summed E-state index contributed by atoms with van der Waals surface area (Å²) in [6, 6.07) is -3.57. The van der Waals surface area contributed by atoms with Crippen LogP contribution in [0.3, 0.4) is 0 Å². The van der Waals surface area contributed by atoms with E-state index in [2.05, 4.69) is 5.32 Å². The summed E-state index contributed by atoms with van der Waals surface area (Å²) in [5.74, 6) is -6.66. The summed E-state index contributed by atoms with van der Waals surface area (Å²) in [6.07, 6.45) is -1.44. The van der Waals surface area contributed by atoms with Gasteiger partial charge in [0.1, 0.15) is 17.7 Å². The van der Waals surface area contributed by atoms with Gasteiger partial charge in [-0.05, 0) is 32.6 Å². The van der Waals surface area contributed by atoms with Crippen LogP contribution in [0.1, 0.15) is 54.4 Å². The molecule has 1 aliphatic heterocycles. The average molecular weight is 390 g/mol. The third kappa shape index (κ3) is 4.32. The first-order valence-corrected chi connectivity index (χ1v) is 8.97. The van der Waals surface area contributed by atoms with Gasteiger partial charge in [-0.2, -0.15) is 0 Å². The number of halogens is 2. The molecule has 0 aromatic rings. The van der Waals surface area contributed by atoms with Gasteiger partial charge in [0.15, 0.2) is 0 Å². The van der Waals surface area contributed by atoms with Crippen LogP contribution in [-0.4, -0.2) is 57.6 Å². The molecule has 0 radical (unpaired) electrons. The molecule has 2 bridgehead atoms. The van der Waals surface area contributed by atoms with Crippen molar-refractivity contribution in [2.75, 3.05) is 0 Å². The number of nitrogens with zero attached hydrogens (tertiary/aromatic N) is 1. The van der Waals surface area contributed by atoms with E-state index in [0.29, 0.717) is 0 Å². The van der Waals surface area contributed by atoms with Gasteiger partial charge in [0.25, 0.3) is 5.92 Å². The summed E-state index contributed by atoms with van der Waals surface area (Å²) in [5, 5.41) is 12.0. The number of likely N-dealkylation sites (tertiary alicyclic amines) is 1. The maximum Gasteiger partial charge on any atom is 0.408 e. The topological polar surface area (TPSA) is 95.9 Å². The number of nitrogens with one attached hydrogen (secondary N) is 1. The number of ether oxygens (including phenoxy) is 1. The van der Waals surface area contributed by atoms with Crippen molar-refractivity contribution in [3.05, 3.63) is 0 Å². The first kappa shape index (κ1) is 21.4. The molecule has 0 aromatic carbocycles. The van der Waals surface area contributed by atoms with Crippen LogP contribution < -0.4 is 5.32 Å². The van der Waals surface area contributed by atoms with Crippen LogP contribution in [0.4, 0.5) is 13.6 Å². The Morgan fingerprint density at radius 1 is 1.19 bits per heavy atom. The van der Waals surface area contributed by atoms with Crippen LogP contribution in [0.5, 0.6) is 0 Å². The number of carboxylic acids is 1. The highest BCUT2D eigenvalue weighted by Gasteiger charge is 2.65. The summed E-state index contributed by atoms with van der Waals surface area (Å²) >= 11 is 0. The Bertz CT molecular complexity index is 639. The van der Waals surface area contributed by atoms with Crippen molar-refractivity contribution in [1.29, 1.82) is 0 Å². The fraction of sp³-hybridized carbons (Fsp3) is 0.833. The number of carboxylic acid groups (broad SMARTS) is 1. The van der Waals surface area contributed by atoms with Crippen LogP contribution in [-0.2, 0) is 14.3 Å². The number of piperidine rings is 1. The zero-order valence-corrected chi connectivity index (χ0v) is 16.5. The molecule has 1 saturated heterocycles. The molecule has 2 fully saturated rings. The van der Waals surface area contributed by atoms with Crippen LogP contribution in [0.25, 0.3) is 0 Å². The van der Waals surface area contributed by atoms with Crippen LogP contribution in [0.2, 0.25) is 0 Å². The van der Waals surface area contributed by atoms with Crippen molar-refractivity contribution in [2.24, 2.45) is 11.3 Å². The molecule has 2 rings (SSSR count). The zero-order chi connectivity index (χ0) is 20.9. The molecule has 27 heavy (non-hydrogen) atoms. The lowest BCUT2D eigenvalue weighted by Crippen LogP contribution is -2.62. The highest BCUT2D eigenvalue weighted by Crippen LogP contribution is 2.52. The monoisotopic (exact) mass is 390 g/mol. The number of hydrogen-bond donors (Lipinski definition) is 2. The normalized spacial score (nSPS) is 28.0. The predicted molar refractivity (Wildman–Crippen MR) is 92.3 cm³/mol. The second kappa shape index (κ2) is 6.60. The van der Waals surface area contributed by atoms with Crippen molar-refractivity contribution in [3.8, 4) is 0 Å². The zero-order valence-electron chi connectivity index (χ0n) is 16.5. The smallest absolute Gasteiger partial charge is 0.408 e. The molecule has 2 aliphatic rings. The molecule has 1 heterocycles. The Hall–Kier alpha value is -1.93. The van der Waals surface area contributed by atoms with Gasteiger partial charge < -0.3 is 20.1 Å². The largest absolute Gasteiger partial charge is 0.480 e. The Morgan fingerprint density at radius 2 is 1.74 bits per heavy atom. The van der Waals surface area contributed by atoms with Gasteiger partial charge in [-0.25, -0.2) is 18.4 Å². The summed E-state index contributed by atoms with van der Waals surface area (Å²) in [5.41, 5.74) is -1.56. The second-order valence-corrected chi connectivity index (χ2v) is 9.44. The van der Waals surface area contributed by atoms with Crippen LogP contribution in [0, 0.1) is 11.3 Å². The molecular formula is C18H28F2N2O5. The number of amides is 2. The number of alkyl halides is 2. The van der Waals surface area contributed by atoms with Crippen molar-refractivity contribution >= 4 is 18.0 Å². The van der Waals surface area contributed by atoms with Gasteiger partial charge in [-0.1, -0.05) is 20.8 Å². The highest BCUT2D eigenvalue weighted by atomic mass is 19.3. The van der Waals surface area contributed by atoms with E-state index in [9.17, 15) is 28.3 Å². The summed E-state index contributed by atoms with van der Waals surface area (Å²) in [6.45, 7) is 10.1. The van der Waals surface area contributed by atoms with E-state index in [4.69, 9.17) is 4.74 Å². The molecule has 0 aromatic heterocycles. The van der Waals surface area contributed by atoms with Crippen LogP contribution >= 0.6 is 0 Å². The molecule has 0 unspecified atom stereocenters. The van der Waals surface area contributed by atoms with Gasteiger partial charge >= 0.3 is 12.1 Å². The SMILES string of the molecule is CC(C)(C)OC(=O)N[C@H](C(=O)N1[C@H]2C[C@@H]([C@H]1C(=O)O)C(F)(F)C2)C(C)(C)C. The van der Waals surface area contributed by atoms with Gasteiger partial charge in [-0.3, -0.25) is 4.79 Å². The number of hydrogen-bond acceptors (Lipinski definition) is 4. The minimum absolute atomic E-state index is 0.0565. The number of rotatable bonds is 3. The van der Waals surface area contributed by atoms with E-state index in [1.54, 1.807) is 41.5 Å². The third-order valence-electron chi connectivity index (χ3n) is 4.93. The molecular weight excluding hydrogens is 362 g/mol. The lowest BCUT2D eigenvalue weighted by atomic mass is 9.84. The first-order valence-electron chi connectivity index (χ1n) is 8.97. The Labute approximate surface area is 157 Å². The number of aliphatic carboxylic acids is 1. The Balaban J connectivity index is 2.28. The number of alkyl carbamates (subject to hydrolysis) is 1. The molecule has 7 nitrogen and oxygen atoms in total. The quantitative estimate of drug-likeness (QED) is 0.772. The van der Waals surface area contributed by atoms with E-state index in [1.165, 1.54) is 0 Å². The number of fused-ring (bicyclic) bond motifs is 2. The number of carbonyl (C=O) groups excluding carboxylic acids is 2. The maximum atomic E-state index is 14.0. The molecule has 4 atom stereocenters. The first-order chi connectivity index (χ1) is 12.0. The van der Waals surface area contributed by atoms with Gasteiger partial charge in [-0.15, -0.1) is 0 Å². The Morgan fingerprint density at radius 3 is 2.19 bits per heavy atom. The molecule has 2 amide bonds. The highest BCUT2D eigenvalue weighted by molar-refractivity contribution is 5.91. The van der Waals surface area contributed by atoms with Crippen molar-refractivity contribution in [2.45, 2.75) is 84.0 Å². The molecule has 1 saturated carbocycles. The minimum atomic E-state index is -3.11. The van der Waals surface area contributed by atoms with Gasteiger partial charge in [0, 0.05) is 12.5 Å². The minimum Gasteiger partial charge on any atom is -0.480 e. The molecule has 0 spiro atoms. The van der Waals surface area contributed by atoms with Gasteiger partial charge in [0.2, 0.25) is 5.91 Å². The average Bonchev–Trinajstić information content (AvgIpc) is 2.93. The summed E-state index contributed by atoms with van der Waals surface area (Å²) < 4.78 is 33.2. The summed E-state index contributed by atoms with van der Waals surface area (Å²) in [7, 11) is 0. The third-order valence-corrected chi connectivity index (χ3v) is 4.93. The van der Waals surface area contributed by atoms with E-state index in [-0.39, 0.29) is 6.42 Å².